The molecule has 0 aliphatic carbocycles. The Kier molecular flexibility index (Phi) is 6.06. The molecule has 0 radical (unpaired) electrons. The molecule has 2 atom stereocenters. The fourth-order valence-electron chi connectivity index (χ4n) is 3.02. The van der Waals surface area contributed by atoms with Crippen LogP contribution in [0.3, 0.4) is 0 Å². The Morgan fingerprint density at radius 3 is 2.73 bits per heavy atom. The average molecular weight is 431 g/mol. The van der Waals surface area contributed by atoms with Crippen LogP contribution in [-0.4, -0.2) is 59.3 Å². The fourth-order valence-corrected chi connectivity index (χ4v) is 4.47. The zero-order valence-electron chi connectivity index (χ0n) is 15.9. The van der Waals surface area contributed by atoms with Crippen LogP contribution in [0.4, 0.5) is 4.39 Å². The number of aliphatic hydroxyl groups excluding tert-OH is 1. The fraction of sp³-hybridized carbons (Fsp3) is 0.300. The number of β-amino-alcohol motifs (C(OH)–C–C–N with tert-alkyl or cyclic N) is 1. The standard InChI is InChI=1S/C20H18FN3O5S/c1-2-3-15-5-7-17(10-23-15)30(27,28)24-11-19(20(26,12-24)13-25)29-16-6-4-14(9-22)18(21)8-16/h4-8,10,19,25-26H,11-13H2,1H3/t19?,20-/m1/s1. The number of halogens is 1. The van der Waals surface area contributed by atoms with Crippen LogP contribution in [0.2, 0.25) is 0 Å². The molecule has 1 aromatic carbocycles. The number of hydrogen-bond acceptors (Lipinski definition) is 7. The van der Waals surface area contributed by atoms with E-state index < -0.39 is 40.7 Å². The van der Waals surface area contributed by atoms with Gasteiger partial charge in [0.15, 0.2) is 0 Å². The van der Waals surface area contributed by atoms with E-state index in [0.717, 1.165) is 16.6 Å². The summed E-state index contributed by atoms with van der Waals surface area (Å²) in [4.78, 5) is 3.88. The van der Waals surface area contributed by atoms with E-state index in [1.165, 1.54) is 24.3 Å². The third-order valence-corrected chi connectivity index (χ3v) is 6.45. The van der Waals surface area contributed by atoms with Gasteiger partial charge in [-0.25, -0.2) is 17.8 Å². The predicted molar refractivity (Wildman–Crippen MR) is 103 cm³/mol. The van der Waals surface area contributed by atoms with Gasteiger partial charge >= 0.3 is 0 Å². The van der Waals surface area contributed by atoms with E-state index in [-0.39, 0.29) is 22.8 Å². The van der Waals surface area contributed by atoms with Gasteiger partial charge in [-0.15, -0.1) is 0 Å². The SMILES string of the molecule is CC#Cc1ccc(S(=O)(=O)N2CC(Oc3ccc(C#N)c(F)c3)[C@](O)(CO)C2)cn1. The Morgan fingerprint density at radius 1 is 1.40 bits per heavy atom. The molecule has 1 aliphatic heterocycles. The predicted octanol–water partition coefficient (Wildman–Crippen LogP) is 0.639. The number of nitriles is 1. The van der Waals surface area contributed by atoms with E-state index in [2.05, 4.69) is 16.8 Å². The Hall–Kier alpha value is -3.02. The number of rotatable bonds is 5. The maximum atomic E-state index is 13.8. The monoisotopic (exact) mass is 431 g/mol. The van der Waals surface area contributed by atoms with E-state index in [1.54, 1.807) is 13.0 Å². The summed E-state index contributed by atoms with van der Waals surface area (Å²) in [5.41, 5.74) is -1.67. The van der Waals surface area contributed by atoms with Crippen LogP contribution >= 0.6 is 0 Å². The highest BCUT2D eigenvalue weighted by Crippen LogP contribution is 2.31. The molecule has 2 aromatic rings. The van der Waals surface area contributed by atoms with E-state index in [4.69, 9.17) is 10.00 Å². The van der Waals surface area contributed by atoms with E-state index in [0.29, 0.717) is 5.69 Å². The summed E-state index contributed by atoms with van der Waals surface area (Å²) in [5, 5.41) is 29.2. The molecule has 30 heavy (non-hydrogen) atoms. The van der Waals surface area contributed by atoms with Crippen LogP contribution < -0.4 is 4.74 Å². The van der Waals surface area contributed by atoms with E-state index >= 15 is 0 Å². The van der Waals surface area contributed by atoms with Crippen molar-refractivity contribution in [2.24, 2.45) is 0 Å². The number of aromatic nitrogens is 1. The van der Waals surface area contributed by atoms with Crippen LogP contribution in [0.25, 0.3) is 0 Å². The summed E-state index contributed by atoms with van der Waals surface area (Å²) < 4.78 is 46.3. The lowest BCUT2D eigenvalue weighted by Gasteiger charge is -2.27. The van der Waals surface area contributed by atoms with Crippen LogP contribution in [-0.2, 0) is 10.0 Å². The molecule has 3 rings (SSSR count). The first-order valence-corrected chi connectivity index (χ1v) is 10.3. The van der Waals surface area contributed by atoms with Crippen LogP contribution in [0.1, 0.15) is 18.2 Å². The molecule has 0 bridgehead atoms. The van der Waals surface area contributed by atoms with Gasteiger partial charge in [0, 0.05) is 18.8 Å². The molecular formula is C20H18FN3O5S. The lowest BCUT2D eigenvalue weighted by atomic mass is 10.0. The van der Waals surface area contributed by atoms with Gasteiger partial charge in [-0.05, 0) is 37.1 Å². The van der Waals surface area contributed by atoms with Crippen molar-refractivity contribution in [3.63, 3.8) is 0 Å². The normalized spacial score (nSPS) is 21.5. The number of benzene rings is 1. The molecule has 2 heterocycles. The van der Waals surface area contributed by atoms with Crippen LogP contribution in [0.15, 0.2) is 41.4 Å². The zero-order valence-corrected chi connectivity index (χ0v) is 16.7. The van der Waals surface area contributed by atoms with Gasteiger partial charge in [-0.1, -0.05) is 5.92 Å². The molecule has 0 spiro atoms. The van der Waals surface area contributed by atoms with Crippen molar-refractivity contribution in [2.75, 3.05) is 19.7 Å². The summed E-state index contributed by atoms with van der Waals surface area (Å²) in [6, 6.07) is 7.99. The van der Waals surface area contributed by atoms with Crippen molar-refractivity contribution in [3.8, 4) is 23.7 Å². The van der Waals surface area contributed by atoms with Crippen molar-refractivity contribution >= 4 is 10.0 Å². The highest BCUT2D eigenvalue weighted by molar-refractivity contribution is 7.89. The average Bonchev–Trinajstić information content (AvgIpc) is 3.06. The summed E-state index contributed by atoms with van der Waals surface area (Å²) in [6.07, 6.45) is -0.000202. The van der Waals surface area contributed by atoms with Crippen molar-refractivity contribution < 1.29 is 27.8 Å². The molecule has 1 unspecified atom stereocenters. The molecule has 0 amide bonds. The first-order chi connectivity index (χ1) is 14.2. The molecule has 156 valence electrons. The summed E-state index contributed by atoms with van der Waals surface area (Å²) in [6.45, 7) is 0.154. The Morgan fingerprint density at radius 2 is 2.17 bits per heavy atom. The number of hydrogen-bond donors (Lipinski definition) is 2. The molecule has 1 saturated heterocycles. The molecule has 8 nitrogen and oxygen atoms in total. The first-order valence-electron chi connectivity index (χ1n) is 8.82. The minimum absolute atomic E-state index is 0.00761. The van der Waals surface area contributed by atoms with Gasteiger partial charge < -0.3 is 14.9 Å². The molecular weight excluding hydrogens is 413 g/mol. The minimum atomic E-state index is -4.04. The first kappa shape index (κ1) is 21.7. The van der Waals surface area contributed by atoms with Gasteiger partial charge in [-0.2, -0.15) is 9.57 Å². The van der Waals surface area contributed by atoms with Crippen molar-refractivity contribution in [3.05, 3.63) is 53.6 Å². The second kappa shape index (κ2) is 8.38. The largest absolute Gasteiger partial charge is 0.486 e. The minimum Gasteiger partial charge on any atom is -0.486 e. The second-order valence-corrected chi connectivity index (χ2v) is 8.61. The van der Waals surface area contributed by atoms with E-state index in [1.807, 2.05) is 0 Å². The highest BCUT2D eigenvalue weighted by Gasteiger charge is 2.50. The van der Waals surface area contributed by atoms with Gasteiger partial charge in [0.25, 0.3) is 0 Å². The number of sulfonamides is 1. The van der Waals surface area contributed by atoms with Gasteiger partial charge in [0.1, 0.15) is 39.9 Å². The smallest absolute Gasteiger partial charge is 0.244 e. The van der Waals surface area contributed by atoms with Gasteiger partial charge in [0.2, 0.25) is 10.0 Å². The number of aliphatic hydroxyl groups is 2. The van der Waals surface area contributed by atoms with Crippen molar-refractivity contribution in [1.29, 1.82) is 5.26 Å². The molecule has 0 saturated carbocycles. The Bertz CT molecular complexity index is 1150. The van der Waals surface area contributed by atoms with E-state index in [9.17, 15) is 23.0 Å². The zero-order chi connectivity index (χ0) is 21.9. The topological polar surface area (TPSA) is 124 Å². The quantitative estimate of drug-likeness (QED) is 0.666. The highest BCUT2D eigenvalue weighted by atomic mass is 32.2. The number of nitrogens with zero attached hydrogens (tertiary/aromatic N) is 3. The third-order valence-electron chi connectivity index (χ3n) is 4.66. The third kappa shape index (κ3) is 4.13. The summed E-state index contributed by atoms with van der Waals surface area (Å²) >= 11 is 0. The van der Waals surface area contributed by atoms with Gasteiger partial charge in [-0.3, -0.25) is 0 Å². The maximum absolute atomic E-state index is 13.8. The summed E-state index contributed by atoms with van der Waals surface area (Å²) in [5.74, 6) is 4.55. The number of pyridine rings is 1. The van der Waals surface area contributed by atoms with Gasteiger partial charge in [0.05, 0.1) is 18.7 Å². The van der Waals surface area contributed by atoms with Crippen molar-refractivity contribution in [1.82, 2.24) is 9.29 Å². The second-order valence-electron chi connectivity index (χ2n) is 6.67. The lowest BCUT2D eigenvalue weighted by Crippen LogP contribution is -2.48. The molecule has 1 aromatic heterocycles. The maximum Gasteiger partial charge on any atom is 0.244 e. The molecule has 1 aliphatic rings. The lowest BCUT2D eigenvalue weighted by molar-refractivity contribution is -0.0641. The molecule has 2 N–H and O–H groups in total. The van der Waals surface area contributed by atoms with Crippen molar-refractivity contribution in [2.45, 2.75) is 23.5 Å². The van der Waals surface area contributed by atoms with Crippen LogP contribution in [0, 0.1) is 29.0 Å². The molecule has 1 fully saturated rings. The number of ether oxygens (including phenoxy) is 1. The van der Waals surface area contributed by atoms with Crippen LogP contribution in [0.5, 0.6) is 5.75 Å². The Balaban J connectivity index is 1.85. The Labute approximate surface area is 173 Å². The molecule has 10 heteroatoms. The summed E-state index contributed by atoms with van der Waals surface area (Å²) in [7, 11) is -4.04.